The van der Waals surface area contributed by atoms with Gasteiger partial charge in [-0.1, -0.05) is 34.6 Å². The summed E-state index contributed by atoms with van der Waals surface area (Å²) in [5.74, 6) is 0.828. The zero-order chi connectivity index (χ0) is 11.2. The molecule has 0 aliphatic rings. The summed E-state index contributed by atoms with van der Waals surface area (Å²) < 4.78 is 0. The van der Waals surface area contributed by atoms with Crippen molar-refractivity contribution in [2.24, 2.45) is 11.3 Å². The van der Waals surface area contributed by atoms with E-state index in [4.69, 9.17) is 0 Å². The van der Waals surface area contributed by atoms with Crippen molar-refractivity contribution in [1.82, 2.24) is 5.32 Å². The van der Waals surface area contributed by atoms with Gasteiger partial charge in [0.25, 0.3) is 0 Å². The highest BCUT2D eigenvalue weighted by Crippen LogP contribution is 2.26. The summed E-state index contributed by atoms with van der Waals surface area (Å²) in [7, 11) is 0. The van der Waals surface area contributed by atoms with Crippen molar-refractivity contribution >= 4 is 0 Å². The van der Waals surface area contributed by atoms with E-state index in [-0.39, 0.29) is 0 Å². The maximum absolute atomic E-state index is 3.55. The molecule has 0 spiro atoms. The molecule has 0 saturated carbocycles. The number of rotatable bonds is 6. The van der Waals surface area contributed by atoms with Crippen LogP contribution in [-0.2, 0) is 0 Å². The number of nitrogens with one attached hydrogen (secondary N) is 1. The van der Waals surface area contributed by atoms with Crippen LogP contribution in [0.2, 0.25) is 0 Å². The summed E-state index contributed by atoms with van der Waals surface area (Å²) in [6.45, 7) is 15.0. The molecule has 0 saturated heterocycles. The van der Waals surface area contributed by atoms with Crippen molar-refractivity contribution in [2.45, 2.75) is 66.8 Å². The minimum atomic E-state index is 0.476. The normalized spacial score (nSPS) is 16.7. The molecule has 0 aromatic carbocycles. The Labute approximate surface area is 90.7 Å². The van der Waals surface area contributed by atoms with Gasteiger partial charge in [-0.25, -0.2) is 0 Å². The van der Waals surface area contributed by atoms with E-state index in [1.165, 1.54) is 19.3 Å². The summed E-state index contributed by atoms with van der Waals surface area (Å²) in [4.78, 5) is 0. The van der Waals surface area contributed by atoms with Gasteiger partial charge in [-0.15, -0.1) is 0 Å². The van der Waals surface area contributed by atoms with E-state index in [1.807, 2.05) is 0 Å². The lowest BCUT2D eigenvalue weighted by Crippen LogP contribution is -2.29. The van der Waals surface area contributed by atoms with Crippen LogP contribution in [0.25, 0.3) is 0 Å². The second-order valence-electron chi connectivity index (χ2n) is 5.96. The largest absolute Gasteiger partial charge is 0.314 e. The van der Waals surface area contributed by atoms with Gasteiger partial charge in [0.1, 0.15) is 0 Å². The van der Waals surface area contributed by atoms with E-state index in [1.54, 1.807) is 0 Å². The molecule has 1 nitrogen and oxygen atoms in total. The fourth-order valence-electron chi connectivity index (χ4n) is 2.21. The van der Waals surface area contributed by atoms with Crippen molar-refractivity contribution in [3.63, 3.8) is 0 Å². The molecule has 0 aromatic heterocycles. The third kappa shape index (κ3) is 8.55. The first-order valence-corrected chi connectivity index (χ1v) is 6.08. The van der Waals surface area contributed by atoms with E-state index in [2.05, 4.69) is 46.9 Å². The van der Waals surface area contributed by atoms with Crippen LogP contribution in [0.15, 0.2) is 0 Å². The molecule has 2 atom stereocenters. The lowest BCUT2D eigenvalue weighted by atomic mass is 9.83. The van der Waals surface area contributed by atoms with Gasteiger partial charge >= 0.3 is 0 Å². The molecule has 86 valence electrons. The molecule has 0 radical (unpaired) electrons. The Morgan fingerprint density at radius 1 is 1.14 bits per heavy atom. The third-order valence-electron chi connectivity index (χ3n) is 2.46. The standard InChI is InChI=1S/C13H29N/c1-7-8-14-12(3)9-11(2)10-13(4,5)6/h11-12,14H,7-10H2,1-6H3. The van der Waals surface area contributed by atoms with Crippen molar-refractivity contribution in [3.8, 4) is 0 Å². The minimum Gasteiger partial charge on any atom is -0.314 e. The SMILES string of the molecule is CCCNC(C)CC(C)CC(C)(C)C. The Morgan fingerprint density at radius 3 is 2.14 bits per heavy atom. The Morgan fingerprint density at radius 2 is 1.71 bits per heavy atom. The number of hydrogen-bond acceptors (Lipinski definition) is 1. The number of hydrogen-bond donors (Lipinski definition) is 1. The molecule has 14 heavy (non-hydrogen) atoms. The Bertz CT molecular complexity index is 135. The Hall–Kier alpha value is -0.0400. The van der Waals surface area contributed by atoms with Gasteiger partial charge in [0.15, 0.2) is 0 Å². The van der Waals surface area contributed by atoms with Crippen molar-refractivity contribution in [1.29, 1.82) is 0 Å². The highest BCUT2D eigenvalue weighted by molar-refractivity contribution is 4.70. The zero-order valence-corrected chi connectivity index (χ0v) is 11.0. The van der Waals surface area contributed by atoms with Crippen LogP contribution in [0.4, 0.5) is 0 Å². The van der Waals surface area contributed by atoms with Gasteiger partial charge in [-0.2, -0.15) is 0 Å². The maximum atomic E-state index is 3.55. The second-order valence-corrected chi connectivity index (χ2v) is 5.96. The molecule has 0 fully saturated rings. The van der Waals surface area contributed by atoms with E-state index in [0.717, 1.165) is 12.5 Å². The van der Waals surface area contributed by atoms with Crippen LogP contribution in [0, 0.1) is 11.3 Å². The van der Waals surface area contributed by atoms with Gasteiger partial charge in [0, 0.05) is 6.04 Å². The average Bonchev–Trinajstić information content (AvgIpc) is 1.96. The first-order valence-electron chi connectivity index (χ1n) is 6.08. The summed E-state index contributed by atoms with van der Waals surface area (Å²) in [6, 6.07) is 0.673. The lowest BCUT2D eigenvalue weighted by Gasteiger charge is -2.25. The smallest absolute Gasteiger partial charge is 0.00412 e. The average molecular weight is 199 g/mol. The molecule has 1 N–H and O–H groups in total. The predicted octanol–water partition coefficient (Wildman–Crippen LogP) is 3.84. The summed E-state index contributed by atoms with van der Waals surface area (Å²) >= 11 is 0. The summed E-state index contributed by atoms with van der Waals surface area (Å²) in [5.41, 5.74) is 0.476. The maximum Gasteiger partial charge on any atom is 0.00412 e. The van der Waals surface area contributed by atoms with Crippen LogP contribution in [0.5, 0.6) is 0 Å². The molecule has 1 heteroatoms. The molecular formula is C13H29N. The Balaban J connectivity index is 3.65. The van der Waals surface area contributed by atoms with E-state index in [9.17, 15) is 0 Å². The van der Waals surface area contributed by atoms with Crippen molar-refractivity contribution in [3.05, 3.63) is 0 Å². The molecule has 0 bridgehead atoms. The molecule has 0 amide bonds. The molecule has 0 aliphatic heterocycles. The van der Waals surface area contributed by atoms with Crippen molar-refractivity contribution < 1.29 is 0 Å². The summed E-state index contributed by atoms with van der Waals surface area (Å²) in [6.07, 6.45) is 3.86. The first-order chi connectivity index (χ1) is 6.35. The molecule has 0 aliphatic carbocycles. The van der Waals surface area contributed by atoms with Gasteiger partial charge < -0.3 is 5.32 Å². The monoisotopic (exact) mass is 199 g/mol. The highest BCUT2D eigenvalue weighted by Gasteiger charge is 2.16. The van der Waals surface area contributed by atoms with Crippen molar-refractivity contribution in [2.75, 3.05) is 6.54 Å². The van der Waals surface area contributed by atoms with Gasteiger partial charge in [-0.3, -0.25) is 0 Å². The van der Waals surface area contributed by atoms with Crippen LogP contribution in [0.1, 0.15) is 60.8 Å². The lowest BCUT2D eigenvalue weighted by molar-refractivity contribution is 0.279. The molecular weight excluding hydrogens is 170 g/mol. The van der Waals surface area contributed by atoms with E-state index >= 15 is 0 Å². The fourth-order valence-corrected chi connectivity index (χ4v) is 2.21. The van der Waals surface area contributed by atoms with Crippen LogP contribution in [0.3, 0.4) is 0 Å². The first kappa shape index (κ1) is 14.0. The quantitative estimate of drug-likeness (QED) is 0.685. The highest BCUT2D eigenvalue weighted by atomic mass is 14.9. The van der Waals surface area contributed by atoms with Gasteiger partial charge in [0.2, 0.25) is 0 Å². The van der Waals surface area contributed by atoms with Crippen LogP contribution >= 0.6 is 0 Å². The van der Waals surface area contributed by atoms with Crippen LogP contribution < -0.4 is 5.32 Å². The minimum absolute atomic E-state index is 0.476. The van der Waals surface area contributed by atoms with E-state index < -0.39 is 0 Å². The molecule has 0 rings (SSSR count). The molecule has 2 unspecified atom stereocenters. The third-order valence-corrected chi connectivity index (χ3v) is 2.46. The fraction of sp³-hybridized carbons (Fsp3) is 1.00. The Kier molecular flexibility index (Phi) is 6.43. The summed E-state index contributed by atoms with van der Waals surface area (Å²) in [5, 5.41) is 3.55. The second kappa shape index (κ2) is 6.44. The topological polar surface area (TPSA) is 12.0 Å². The van der Waals surface area contributed by atoms with Gasteiger partial charge in [-0.05, 0) is 44.1 Å². The van der Waals surface area contributed by atoms with Gasteiger partial charge in [0.05, 0.1) is 0 Å². The molecule has 0 heterocycles. The van der Waals surface area contributed by atoms with Crippen LogP contribution in [-0.4, -0.2) is 12.6 Å². The van der Waals surface area contributed by atoms with E-state index in [0.29, 0.717) is 11.5 Å². The zero-order valence-electron chi connectivity index (χ0n) is 11.0. The molecule has 0 aromatic rings. The predicted molar refractivity (Wildman–Crippen MR) is 65.6 cm³/mol.